The molecule has 0 spiro atoms. The molecule has 5 nitrogen and oxygen atoms in total. The lowest BCUT2D eigenvalue weighted by Gasteiger charge is -2.33. The Morgan fingerprint density at radius 1 is 1.22 bits per heavy atom. The van der Waals surface area contributed by atoms with Gasteiger partial charge in [-0.25, -0.2) is 0 Å². The first-order valence-corrected chi connectivity index (χ1v) is 9.05. The number of carbonyl (C=O) groups is 1. The molecule has 4 unspecified atom stereocenters. The Hall–Kier alpha value is -1.96. The van der Waals surface area contributed by atoms with E-state index in [1.54, 1.807) is 0 Å². The second kappa shape index (κ2) is 9.30. The van der Waals surface area contributed by atoms with Gasteiger partial charge in [-0.05, 0) is 55.9 Å². The lowest BCUT2D eigenvalue weighted by Crippen LogP contribution is -2.39. The van der Waals surface area contributed by atoms with Gasteiger partial charge in [0.2, 0.25) is 0 Å². The van der Waals surface area contributed by atoms with Gasteiger partial charge in [-0.15, -0.1) is 13.2 Å². The fraction of sp³-hybridized carbons (Fsp3) is 0.632. The molecule has 0 saturated heterocycles. The lowest BCUT2D eigenvalue weighted by atomic mass is 9.85. The average Bonchev–Trinajstić information content (AvgIpc) is 2.61. The quantitative estimate of drug-likeness (QED) is 0.711. The molecule has 1 aliphatic rings. The maximum Gasteiger partial charge on any atom is 0.573 e. The molecule has 27 heavy (non-hydrogen) atoms. The predicted molar refractivity (Wildman–Crippen MR) is 91.3 cm³/mol. The van der Waals surface area contributed by atoms with Gasteiger partial charge in [0.25, 0.3) is 0 Å². The van der Waals surface area contributed by atoms with Gasteiger partial charge in [0.15, 0.2) is 0 Å². The van der Waals surface area contributed by atoms with Crippen molar-refractivity contribution in [1.29, 1.82) is 0 Å². The summed E-state index contributed by atoms with van der Waals surface area (Å²) in [5, 5.41) is 10.2. The zero-order valence-electron chi connectivity index (χ0n) is 15.4. The molecule has 152 valence electrons. The first-order valence-electron chi connectivity index (χ1n) is 9.05. The van der Waals surface area contributed by atoms with Crippen LogP contribution in [0.4, 0.5) is 13.2 Å². The van der Waals surface area contributed by atoms with Crippen molar-refractivity contribution in [2.75, 3.05) is 6.61 Å². The van der Waals surface area contributed by atoms with Crippen molar-refractivity contribution in [2.24, 2.45) is 11.8 Å². The van der Waals surface area contributed by atoms with E-state index in [-0.39, 0.29) is 30.2 Å². The van der Waals surface area contributed by atoms with Crippen molar-refractivity contribution in [3.63, 3.8) is 0 Å². The van der Waals surface area contributed by atoms with Gasteiger partial charge in [-0.1, -0.05) is 13.8 Å². The minimum atomic E-state index is -4.75. The monoisotopic (exact) mass is 390 g/mol. The molecule has 1 N–H and O–H groups in total. The van der Waals surface area contributed by atoms with Crippen LogP contribution in [-0.4, -0.2) is 36.3 Å². The van der Waals surface area contributed by atoms with Gasteiger partial charge in [0.1, 0.15) is 17.6 Å². The van der Waals surface area contributed by atoms with E-state index in [4.69, 9.17) is 9.47 Å². The maximum absolute atomic E-state index is 12.2. The highest BCUT2D eigenvalue weighted by Gasteiger charge is 2.33. The SMILES string of the molecule is CCC(C)C(=O)OCC1CCC(O)C(Oc2ccc(OC(F)(F)F)cc2)C1. The number of rotatable bonds is 7. The van der Waals surface area contributed by atoms with Crippen molar-refractivity contribution < 1.29 is 37.3 Å². The highest BCUT2D eigenvalue weighted by atomic mass is 19.4. The fourth-order valence-electron chi connectivity index (χ4n) is 2.88. The number of carbonyl (C=O) groups excluding carboxylic acids is 1. The first kappa shape index (κ1) is 21.3. The van der Waals surface area contributed by atoms with Crippen LogP contribution in [0.1, 0.15) is 39.5 Å². The molecular weight excluding hydrogens is 365 g/mol. The normalized spacial score (nSPS) is 24.1. The molecule has 0 aromatic heterocycles. The van der Waals surface area contributed by atoms with Gasteiger partial charge >= 0.3 is 12.3 Å². The summed E-state index contributed by atoms with van der Waals surface area (Å²) in [6.45, 7) is 4.00. The molecule has 1 fully saturated rings. The summed E-state index contributed by atoms with van der Waals surface area (Å²) >= 11 is 0. The number of hydrogen-bond donors (Lipinski definition) is 1. The van der Waals surface area contributed by atoms with E-state index >= 15 is 0 Å². The van der Waals surface area contributed by atoms with E-state index in [0.717, 1.165) is 12.1 Å². The predicted octanol–water partition coefficient (Wildman–Crippen LogP) is 4.08. The zero-order valence-corrected chi connectivity index (χ0v) is 15.4. The van der Waals surface area contributed by atoms with E-state index in [1.165, 1.54) is 12.1 Å². The van der Waals surface area contributed by atoms with Gasteiger partial charge in [-0.2, -0.15) is 0 Å². The minimum absolute atomic E-state index is 0.0687. The molecule has 1 aliphatic carbocycles. The maximum atomic E-state index is 12.2. The van der Waals surface area contributed by atoms with Crippen LogP contribution in [0, 0.1) is 11.8 Å². The Morgan fingerprint density at radius 3 is 2.44 bits per heavy atom. The van der Waals surface area contributed by atoms with E-state index in [0.29, 0.717) is 31.4 Å². The van der Waals surface area contributed by atoms with Crippen LogP contribution in [0.2, 0.25) is 0 Å². The molecule has 1 aromatic rings. The van der Waals surface area contributed by atoms with Crippen LogP contribution >= 0.6 is 0 Å². The molecule has 0 amide bonds. The van der Waals surface area contributed by atoms with Crippen LogP contribution in [-0.2, 0) is 9.53 Å². The summed E-state index contributed by atoms with van der Waals surface area (Å²) in [5.74, 6) is -0.316. The Kier molecular flexibility index (Phi) is 7.35. The standard InChI is InChI=1S/C19H25F3O5/c1-3-12(2)18(24)25-11-13-4-9-16(23)17(10-13)26-14-5-7-15(8-6-14)27-19(20,21)22/h5-8,12-13,16-17,23H,3-4,9-11H2,1-2H3. The third-order valence-corrected chi connectivity index (χ3v) is 4.69. The number of hydrogen-bond acceptors (Lipinski definition) is 5. The highest BCUT2D eigenvalue weighted by Crippen LogP contribution is 2.30. The summed E-state index contributed by atoms with van der Waals surface area (Å²) in [6, 6.07) is 5.04. The van der Waals surface area contributed by atoms with Crippen molar-refractivity contribution >= 4 is 5.97 Å². The summed E-state index contributed by atoms with van der Waals surface area (Å²) in [7, 11) is 0. The lowest BCUT2D eigenvalue weighted by molar-refractivity contribution is -0.274. The van der Waals surface area contributed by atoms with E-state index in [2.05, 4.69) is 4.74 Å². The summed E-state index contributed by atoms with van der Waals surface area (Å²) < 4.78 is 51.4. The van der Waals surface area contributed by atoms with Crippen molar-refractivity contribution in [3.05, 3.63) is 24.3 Å². The Balaban J connectivity index is 1.88. The third kappa shape index (κ3) is 6.93. The minimum Gasteiger partial charge on any atom is -0.488 e. The molecule has 2 rings (SSSR count). The van der Waals surface area contributed by atoms with Crippen LogP contribution < -0.4 is 9.47 Å². The van der Waals surface area contributed by atoms with Crippen LogP contribution in [0.3, 0.4) is 0 Å². The van der Waals surface area contributed by atoms with Gasteiger partial charge < -0.3 is 19.3 Å². The molecule has 1 aromatic carbocycles. The fourth-order valence-corrected chi connectivity index (χ4v) is 2.88. The Bertz CT molecular complexity index is 602. The van der Waals surface area contributed by atoms with E-state index < -0.39 is 18.6 Å². The second-order valence-electron chi connectivity index (χ2n) is 6.86. The average molecular weight is 390 g/mol. The van der Waals surface area contributed by atoms with Gasteiger partial charge in [0.05, 0.1) is 18.6 Å². The number of ether oxygens (including phenoxy) is 3. The van der Waals surface area contributed by atoms with E-state index in [1.807, 2.05) is 13.8 Å². The molecule has 0 aliphatic heterocycles. The molecule has 8 heteroatoms. The van der Waals surface area contributed by atoms with Crippen molar-refractivity contribution in [1.82, 2.24) is 0 Å². The number of aliphatic hydroxyl groups is 1. The molecule has 0 bridgehead atoms. The largest absolute Gasteiger partial charge is 0.573 e. The van der Waals surface area contributed by atoms with Gasteiger partial charge in [-0.3, -0.25) is 4.79 Å². The number of benzene rings is 1. The number of esters is 1. The molecule has 0 radical (unpaired) electrons. The smallest absolute Gasteiger partial charge is 0.488 e. The molecule has 0 heterocycles. The topological polar surface area (TPSA) is 65.0 Å². The second-order valence-corrected chi connectivity index (χ2v) is 6.86. The number of alkyl halides is 3. The molecular formula is C19H25F3O5. The number of halogens is 3. The van der Waals surface area contributed by atoms with Crippen molar-refractivity contribution in [2.45, 2.75) is 58.1 Å². The van der Waals surface area contributed by atoms with Crippen molar-refractivity contribution in [3.8, 4) is 11.5 Å². The molecule has 4 atom stereocenters. The Morgan fingerprint density at radius 2 is 1.85 bits per heavy atom. The van der Waals surface area contributed by atoms with Crippen LogP contribution in [0.15, 0.2) is 24.3 Å². The van der Waals surface area contributed by atoms with Gasteiger partial charge in [0, 0.05) is 0 Å². The number of aliphatic hydroxyl groups excluding tert-OH is 1. The third-order valence-electron chi connectivity index (χ3n) is 4.69. The highest BCUT2D eigenvalue weighted by molar-refractivity contribution is 5.71. The zero-order chi connectivity index (χ0) is 20.0. The molecule has 1 saturated carbocycles. The summed E-state index contributed by atoms with van der Waals surface area (Å²) in [5.41, 5.74) is 0. The van der Waals surface area contributed by atoms with Crippen LogP contribution in [0.5, 0.6) is 11.5 Å². The summed E-state index contributed by atoms with van der Waals surface area (Å²) in [4.78, 5) is 11.8. The Labute approximate surface area is 156 Å². The van der Waals surface area contributed by atoms with Crippen LogP contribution in [0.25, 0.3) is 0 Å². The first-order chi connectivity index (χ1) is 12.7. The summed E-state index contributed by atoms with van der Waals surface area (Å²) in [6.07, 6.45) is -3.52. The van der Waals surface area contributed by atoms with E-state index in [9.17, 15) is 23.1 Å².